The van der Waals surface area contributed by atoms with Crippen LogP contribution in [0.15, 0.2) is 42.5 Å². The number of methoxy groups -OCH3 is 1. The number of phenolic OH excluding ortho intramolecular Hbond substituents is 1. The maximum atomic E-state index is 12.3. The molecule has 144 valence electrons. The van der Waals surface area contributed by atoms with Crippen molar-refractivity contribution in [1.82, 2.24) is 9.97 Å². The SMILES string of the molecule is COC(=O)[C@@H]1C[C@@H](O)CN1c1nc(-c2ccccc2O)nc2cc(C)ccc12. The van der Waals surface area contributed by atoms with Crippen molar-refractivity contribution < 1.29 is 19.7 Å². The van der Waals surface area contributed by atoms with E-state index in [0.717, 1.165) is 10.9 Å². The molecule has 7 heteroatoms. The minimum absolute atomic E-state index is 0.0754. The lowest BCUT2D eigenvalue weighted by molar-refractivity contribution is -0.142. The van der Waals surface area contributed by atoms with Gasteiger partial charge in [0.2, 0.25) is 0 Å². The monoisotopic (exact) mass is 379 g/mol. The molecule has 0 amide bonds. The summed E-state index contributed by atoms with van der Waals surface area (Å²) in [6.45, 7) is 2.23. The van der Waals surface area contributed by atoms with E-state index >= 15 is 0 Å². The quantitative estimate of drug-likeness (QED) is 0.675. The number of esters is 1. The number of fused-ring (bicyclic) bond motifs is 1. The van der Waals surface area contributed by atoms with Gasteiger partial charge in [-0.15, -0.1) is 0 Å². The minimum Gasteiger partial charge on any atom is -0.507 e. The Hall–Kier alpha value is -3.19. The van der Waals surface area contributed by atoms with Crippen molar-refractivity contribution in [1.29, 1.82) is 0 Å². The molecule has 1 aromatic heterocycles. The third-order valence-electron chi connectivity index (χ3n) is 5.00. The molecule has 2 aromatic carbocycles. The summed E-state index contributed by atoms with van der Waals surface area (Å²) < 4.78 is 4.92. The van der Waals surface area contributed by atoms with Crippen LogP contribution < -0.4 is 4.90 Å². The maximum Gasteiger partial charge on any atom is 0.328 e. The number of para-hydroxylation sites is 1. The van der Waals surface area contributed by atoms with Crippen LogP contribution >= 0.6 is 0 Å². The standard InChI is InChI=1S/C21H21N3O4/c1-12-7-8-14-16(9-12)22-19(15-5-3-4-6-18(15)26)23-20(14)24-11-13(25)10-17(24)21(27)28-2/h3-9,13,17,25-26H,10-11H2,1-2H3/t13-,17+/m1/s1. The highest BCUT2D eigenvalue weighted by atomic mass is 16.5. The van der Waals surface area contributed by atoms with Crippen molar-refractivity contribution in [3.63, 3.8) is 0 Å². The molecule has 1 fully saturated rings. The molecule has 7 nitrogen and oxygen atoms in total. The summed E-state index contributed by atoms with van der Waals surface area (Å²) in [5.41, 5.74) is 2.24. The van der Waals surface area contributed by atoms with Crippen molar-refractivity contribution in [2.75, 3.05) is 18.6 Å². The highest BCUT2D eigenvalue weighted by molar-refractivity contribution is 5.94. The first-order valence-corrected chi connectivity index (χ1v) is 9.07. The molecular weight excluding hydrogens is 358 g/mol. The first-order valence-electron chi connectivity index (χ1n) is 9.07. The first-order chi connectivity index (χ1) is 13.5. The van der Waals surface area contributed by atoms with Gasteiger partial charge < -0.3 is 19.8 Å². The summed E-state index contributed by atoms with van der Waals surface area (Å²) in [5, 5.41) is 21.2. The van der Waals surface area contributed by atoms with Crippen molar-refractivity contribution in [2.45, 2.75) is 25.5 Å². The zero-order valence-corrected chi connectivity index (χ0v) is 15.7. The number of phenols is 1. The van der Waals surface area contributed by atoms with E-state index < -0.39 is 18.1 Å². The molecule has 0 aliphatic carbocycles. The number of aliphatic hydroxyl groups is 1. The molecule has 0 spiro atoms. The Balaban J connectivity index is 1.94. The minimum atomic E-state index is -0.659. The number of β-amino-alcohol motifs (C(OH)–C–C–N with tert-alkyl or cyclic N) is 1. The number of carbonyl (C=O) groups excluding carboxylic acids is 1. The average Bonchev–Trinajstić information content (AvgIpc) is 3.08. The van der Waals surface area contributed by atoms with Gasteiger partial charge in [0.15, 0.2) is 5.82 Å². The average molecular weight is 379 g/mol. The molecule has 0 unspecified atom stereocenters. The Labute approximate surface area is 162 Å². The van der Waals surface area contributed by atoms with E-state index in [1.165, 1.54) is 7.11 Å². The van der Waals surface area contributed by atoms with E-state index in [4.69, 9.17) is 4.74 Å². The number of aliphatic hydroxyl groups excluding tert-OH is 1. The summed E-state index contributed by atoms with van der Waals surface area (Å²) >= 11 is 0. The van der Waals surface area contributed by atoms with Crippen LogP contribution in [-0.4, -0.2) is 52.0 Å². The van der Waals surface area contributed by atoms with Crippen LogP contribution in [0, 0.1) is 6.92 Å². The van der Waals surface area contributed by atoms with E-state index in [9.17, 15) is 15.0 Å². The fourth-order valence-corrected chi connectivity index (χ4v) is 3.63. The van der Waals surface area contributed by atoms with Gasteiger partial charge in [0.05, 0.1) is 24.3 Å². The summed E-state index contributed by atoms with van der Waals surface area (Å²) in [7, 11) is 1.33. The molecule has 4 rings (SSSR count). The number of benzene rings is 2. The van der Waals surface area contributed by atoms with Gasteiger partial charge in [-0.05, 0) is 36.8 Å². The Morgan fingerprint density at radius 3 is 2.75 bits per heavy atom. The predicted molar refractivity (Wildman–Crippen MR) is 105 cm³/mol. The van der Waals surface area contributed by atoms with Crippen LogP contribution in [0.3, 0.4) is 0 Å². The Bertz CT molecular complexity index is 1050. The van der Waals surface area contributed by atoms with Crippen LogP contribution in [0.2, 0.25) is 0 Å². The van der Waals surface area contributed by atoms with Crippen LogP contribution in [0.25, 0.3) is 22.3 Å². The van der Waals surface area contributed by atoms with Crippen molar-refractivity contribution >= 4 is 22.7 Å². The van der Waals surface area contributed by atoms with Gasteiger partial charge in [-0.3, -0.25) is 0 Å². The summed E-state index contributed by atoms with van der Waals surface area (Å²) in [6, 6.07) is 12.0. The lowest BCUT2D eigenvalue weighted by atomic mass is 10.1. The van der Waals surface area contributed by atoms with Crippen LogP contribution in [0.4, 0.5) is 5.82 Å². The zero-order valence-electron chi connectivity index (χ0n) is 15.7. The van der Waals surface area contributed by atoms with Gasteiger partial charge in [-0.2, -0.15) is 0 Å². The number of aromatic hydroxyl groups is 1. The third kappa shape index (κ3) is 3.14. The number of ether oxygens (including phenoxy) is 1. The normalized spacial score (nSPS) is 19.2. The number of nitrogens with zero attached hydrogens (tertiary/aromatic N) is 3. The molecule has 3 aromatic rings. The first kappa shape index (κ1) is 18.2. The molecule has 1 saturated heterocycles. The highest BCUT2D eigenvalue weighted by Crippen LogP contribution is 2.35. The van der Waals surface area contributed by atoms with E-state index in [1.54, 1.807) is 29.2 Å². The van der Waals surface area contributed by atoms with Crippen LogP contribution in [-0.2, 0) is 9.53 Å². The van der Waals surface area contributed by atoms with E-state index in [2.05, 4.69) is 9.97 Å². The fraction of sp³-hybridized carbons (Fsp3) is 0.286. The maximum absolute atomic E-state index is 12.3. The fourth-order valence-electron chi connectivity index (χ4n) is 3.63. The molecule has 28 heavy (non-hydrogen) atoms. The van der Waals surface area contributed by atoms with Crippen molar-refractivity contribution in [3.8, 4) is 17.1 Å². The largest absolute Gasteiger partial charge is 0.507 e. The smallest absolute Gasteiger partial charge is 0.328 e. The van der Waals surface area contributed by atoms with E-state index in [0.29, 0.717) is 22.7 Å². The van der Waals surface area contributed by atoms with Crippen LogP contribution in [0.5, 0.6) is 5.75 Å². The highest BCUT2D eigenvalue weighted by Gasteiger charge is 2.38. The number of hydrogen-bond acceptors (Lipinski definition) is 7. The predicted octanol–water partition coefficient (Wildman–Crippen LogP) is 2.42. The zero-order chi connectivity index (χ0) is 19.8. The van der Waals surface area contributed by atoms with Gasteiger partial charge >= 0.3 is 5.97 Å². The number of anilines is 1. The lowest BCUT2D eigenvalue weighted by Crippen LogP contribution is -2.37. The lowest BCUT2D eigenvalue weighted by Gasteiger charge is -2.25. The second kappa shape index (κ2) is 7.09. The van der Waals surface area contributed by atoms with Crippen molar-refractivity contribution in [2.24, 2.45) is 0 Å². The molecule has 0 radical (unpaired) electrons. The molecule has 1 aliphatic rings. The number of carbonyl (C=O) groups is 1. The van der Waals surface area contributed by atoms with Crippen LogP contribution in [0.1, 0.15) is 12.0 Å². The van der Waals surface area contributed by atoms with Gasteiger partial charge in [0.1, 0.15) is 17.6 Å². The molecular formula is C21H21N3O4. The molecule has 2 heterocycles. The number of aryl methyl sites for hydroxylation is 1. The van der Waals surface area contributed by atoms with Gasteiger partial charge in [0.25, 0.3) is 0 Å². The molecule has 2 N–H and O–H groups in total. The number of hydrogen-bond donors (Lipinski definition) is 2. The number of rotatable bonds is 3. The second-order valence-corrected chi connectivity index (χ2v) is 6.99. The van der Waals surface area contributed by atoms with E-state index in [1.807, 2.05) is 25.1 Å². The molecule has 2 atom stereocenters. The van der Waals surface area contributed by atoms with Crippen molar-refractivity contribution in [3.05, 3.63) is 48.0 Å². The topological polar surface area (TPSA) is 95.8 Å². The second-order valence-electron chi connectivity index (χ2n) is 6.99. The molecule has 0 saturated carbocycles. The number of aromatic nitrogens is 2. The third-order valence-corrected chi connectivity index (χ3v) is 5.00. The molecule has 1 aliphatic heterocycles. The van der Waals surface area contributed by atoms with Gasteiger partial charge in [0, 0.05) is 18.4 Å². The summed E-state index contributed by atoms with van der Waals surface area (Å²) in [5.74, 6) is 0.553. The van der Waals surface area contributed by atoms with Gasteiger partial charge in [-0.1, -0.05) is 18.2 Å². The Morgan fingerprint density at radius 2 is 2.00 bits per heavy atom. The van der Waals surface area contributed by atoms with E-state index in [-0.39, 0.29) is 18.7 Å². The van der Waals surface area contributed by atoms with Gasteiger partial charge in [-0.25, -0.2) is 14.8 Å². The Kier molecular flexibility index (Phi) is 4.60. The molecule has 0 bridgehead atoms. The summed E-state index contributed by atoms with van der Waals surface area (Å²) in [6.07, 6.45) is -0.385. The summed E-state index contributed by atoms with van der Waals surface area (Å²) in [4.78, 5) is 23.4. The Morgan fingerprint density at radius 1 is 1.21 bits per heavy atom.